The van der Waals surface area contributed by atoms with Crippen molar-refractivity contribution in [2.45, 2.75) is 32.4 Å². The molecular weight excluding hydrogens is 284 g/mol. The summed E-state index contributed by atoms with van der Waals surface area (Å²) in [5.74, 6) is 1.13. The predicted octanol–water partition coefficient (Wildman–Crippen LogP) is 0.919. The lowest BCUT2D eigenvalue weighted by Crippen LogP contribution is -2.38. The van der Waals surface area contributed by atoms with Crippen molar-refractivity contribution in [2.75, 3.05) is 13.2 Å². The number of ether oxygens (including phenoxy) is 1. The summed E-state index contributed by atoms with van der Waals surface area (Å²) in [5.41, 5.74) is 0. The quantitative estimate of drug-likeness (QED) is 0.856. The van der Waals surface area contributed by atoms with E-state index >= 15 is 0 Å². The number of rotatable bonds is 5. The van der Waals surface area contributed by atoms with Gasteiger partial charge in [0.25, 0.3) is 5.91 Å². The zero-order valence-electron chi connectivity index (χ0n) is 12.5. The molecule has 1 unspecified atom stereocenters. The van der Waals surface area contributed by atoms with Gasteiger partial charge in [0.1, 0.15) is 12.2 Å². The molecule has 2 aromatic rings. The SMILES string of the molecule is CCn1ccnc1C(NC(=O)c1ncn[nH]1)C1CCOCC1. The van der Waals surface area contributed by atoms with Gasteiger partial charge in [-0.3, -0.25) is 9.89 Å². The Bertz CT molecular complexity index is 603. The minimum Gasteiger partial charge on any atom is -0.381 e. The fourth-order valence-electron chi connectivity index (χ4n) is 2.83. The molecule has 1 aliphatic heterocycles. The largest absolute Gasteiger partial charge is 0.381 e. The van der Waals surface area contributed by atoms with Gasteiger partial charge in [-0.1, -0.05) is 0 Å². The summed E-state index contributed by atoms with van der Waals surface area (Å²) in [6, 6.07) is -0.156. The highest BCUT2D eigenvalue weighted by Crippen LogP contribution is 2.29. The first-order valence-corrected chi connectivity index (χ1v) is 7.54. The van der Waals surface area contributed by atoms with Crippen molar-refractivity contribution in [3.63, 3.8) is 0 Å². The summed E-state index contributed by atoms with van der Waals surface area (Å²) in [6.45, 7) is 4.30. The molecule has 2 N–H and O–H groups in total. The van der Waals surface area contributed by atoms with Gasteiger partial charge in [-0.25, -0.2) is 9.97 Å². The molecule has 0 aromatic carbocycles. The first-order valence-electron chi connectivity index (χ1n) is 7.54. The van der Waals surface area contributed by atoms with Gasteiger partial charge in [-0.15, -0.1) is 0 Å². The van der Waals surface area contributed by atoms with Gasteiger partial charge in [0.2, 0.25) is 5.82 Å². The molecule has 2 aromatic heterocycles. The minimum absolute atomic E-state index is 0.156. The molecule has 1 fully saturated rings. The van der Waals surface area contributed by atoms with Gasteiger partial charge in [0, 0.05) is 32.2 Å². The van der Waals surface area contributed by atoms with E-state index in [1.54, 1.807) is 6.20 Å². The fourth-order valence-corrected chi connectivity index (χ4v) is 2.83. The van der Waals surface area contributed by atoms with Gasteiger partial charge >= 0.3 is 0 Å². The number of H-pyrrole nitrogens is 1. The van der Waals surface area contributed by atoms with Crippen LogP contribution in [0.2, 0.25) is 0 Å². The maximum atomic E-state index is 12.3. The lowest BCUT2D eigenvalue weighted by atomic mass is 9.91. The molecule has 0 radical (unpaired) electrons. The Kier molecular flexibility index (Phi) is 4.47. The van der Waals surface area contributed by atoms with Crippen LogP contribution >= 0.6 is 0 Å². The highest BCUT2D eigenvalue weighted by Gasteiger charge is 2.30. The molecule has 118 valence electrons. The Morgan fingerprint density at radius 3 is 3.00 bits per heavy atom. The summed E-state index contributed by atoms with van der Waals surface area (Å²) >= 11 is 0. The number of aromatic nitrogens is 5. The van der Waals surface area contributed by atoms with Crippen LogP contribution in [0.25, 0.3) is 0 Å². The van der Waals surface area contributed by atoms with E-state index < -0.39 is 0 Å². The van der Waals surface area contributed by atoms with Gasteiger partial charge < -0.3 is 14.6 Å². The van der Waals surface area contributed by atoms with E-state index in [0.29, 0.717) is 19.1 Å². The van der Waals surface area contributed by atoms with E-state index in [4.69, 9.17) is 4.74 Å². The maximum absolute atomic E-state index is 12.3. The molecule has 3 rings (SSSR count). The number of hydrogen-bond donors (Lipinski definition) is 2. The lowest BCUT2D eigenvalue weighted by molar-refractivity contribution is 0.0496. The Morgan fingerprint density at radius 1 is 1.50 bits per heavy atom. The predicted molar refractivity (Wildman–Crippen MR) is 78.0 cm³/mol. The maximum Gasteiger partial charge on any atom is 0.289 e. The number of nitrogens with one attached hydrogen (secondary N) is 2. The van der Waals surface area contributed by atoms with Crippen LogP contribution in [0.1, 0.15) is 42.3 Å². The molecule has 0 aliphatic carbocycles. The van der Waals surface area contributed by atoms with Crippen molar-refractivity contribution >= 4 is 5.91 Å². The van der Waals surface area contributed by atoms with E-state index in [0.717, 1.165) is 25.2 Å². The van der Waals surface area contributed by atoms with Crippen LogP contribution in [0, 0.1) is 5.92 Å². The van der Waals surface area contributed by atoms with Crippen LogP contribution in [0.5, 0.6) is 0 Å². The monoisotopic (exact) mass is 304 g/mol. The van der Waals surface area contributed by atoms with Crippen LogP contribution in [0.15, 0.2) is 18.7 Å². The number of aromatic amines is 1. The first-order chi connectivity index (χ1) is 10.8. The van der Waals surface area contributed by atoms with Crippen LogP contribution in [-0.4, -0.2) is 43.9 Å². The average Bonchev–Trinajstić information content (AvgIpc) is 3.24. The Morgan fingerprint density at radius 2 is 2.32 bits per heavy atom. The summed E-state index contributed by atoms with van der Waals surface area (Å²) < 4.78 is 7.49. The van der Waals surface area contributed by atoms with Crippen molar-refractivity contribution in [2.24, 2.45) is 5.92 Å². The van der Waals surface area contributed by atoms with Crippen molar-refractivity contribution in [3.05, 3.63) is 30.4 Å². The number of nitrogens with zero attached hydrogens (tertiary/aromatic N) is 4. The third kappa shape index (κ3) is 3.01. The average molecular weight is 304 g/mol. The van der Waals surface area contributed by atoms with Crippen molar-refractivity contribution in [1.29, 1.82) is 0 Å². The van der Waals surface area contributed by atoms with Crippen molar-refractivity contribution in [3.8, 4) is 0 Å². The number of amides is 1. The van der Waals surface area contributed by atoms with Crippen LogP contribution < -0.4 is 5.32 Å². The highest BCUT2D eigenvalue weighted by molar-refractivity contribution is 5.90. The molecular formula is C14H20N6O2. The van der Waals surface area contributed by atoms with E-state index in [2.05, 4.69) is 37.0 Å². The molecule has 8 nitrogen and oxygen atoms in total. The normalized spacial score (nSPS) is 17.3. The summed E-state index contributed by atoms with van der Waals surface area (Å²) in [5, 5.41) is 9.37. The molecule has 1 saturated heterocycles. The van der Waals surface area contributed by atoms with E-state index in [1.807, 2.05) is 6.20 Å². The summed E-state index contributed by atoms with van der Waals surface area (Å²) in [4.78, 5) is 20.7. The summed E-state index contributed by atoms with van der Waals surface area (Å²) in [6.07, 6.45) is 6.83. The molecule has 1 amide bonds. The van der Waals surface area contributed by atoms with Gasteiger partial charge in [0.05, 0.1) is 6.04 Å². The van der Waals surface area contributed by atoms with E-state index in [9.17, 15) is 4.79 Å². The Labute approximate surface area is 128 Å². The van der Waals surface area contributed by atoms with Crippen molar-refractivity contribution in [1.82, 2.24) is 30.0 Å². The smallest absolute Gasteiger partial charge is 0.289 e. The highest BCUT2D eigenvalue weighted by atomic mass is 16.5. The second-order valence-electron chi connectivity index (χ2n) is 5.31. The second-order valence-corrected chi connectivity index (χ2v) is 5.31. The zero-order chi connectivity index (χ0) is 15.4. The molecule has 3 heterocycles. The number of aryl methyl sites for hydroxylation is 1. The molecule has 8 heteroatoms. The number of carbonyl (C=O) groups excluding carboxylic acids is 1. The van der Waals surface area contributed by atoms with Gasteiger partial charge in [0.15, 0.2) is 0 Å². The standard InChI is InChI=1S/C14H20N6O2/c1-2-20-6-5-15-13(20)11(10-3-7-22-8-4-10)18-14(21)12-16-9-17-19-12/h5-6,9-11H,2-4,7-8H2,1H3,(H,18,21)(H,16,17,19). The summed E-state index contributed by atoms with van der Waals surface area (Å²) in [7, 11) is 0. The van der Waals surface area contributed by atoms with Crippen LogP contribution in [-0.2, 0) is 11.3 Å². The van der Waals surface area contributed by atoms with Crippen LogP contribution in [0.4, 0.5) is 0 Å². The molecule has 22 heavy (non-hydrogen) atoms. The molecule has 0 saturated carbocycles. The van der Waals surface area contributed by atoms with Crippen LogP contribution in [0.3, 0.4) is 0 Å². The first kappa shape index (κ1) is 14.7. The number of hydrogen-bond acceptors (Lipinski definition) is 5. The topological polar surface area (TPSA) is 97.7 Å². The third-order valence-electron chi connectivity index (χ3n) is 4.02. The molecule has 0 bridgehead atoms. The van der Waals surface area contributed by atoms with Gasteiger partial charge in [-0.2, -0.15) is 5.10 Å². The molecule has 0 spiro atoms. The minimum atomic E-state index is -0.264. The third-order valence-corrected chi connectivity index (χ3v) is 4.02. The molecule has 1 aliphatic rings. The lowest BCUT2D eigenvalue weighted by Gasteiger charge is -2.30. The number of imidazole rings is 1. The Balaban J connectivity index is 1.84. The number of carbonyl (C=O) groups is 1. The van der Waals surface area contributed by atoms with E-state index in [1.165, 1.54) is 6.33 Å². The molecule has 1 atom stereocenters. The van der Waals surface area contributed by atoms with Crippen molar-refractivity contribution < 1.29 is 9.53 Å². The second kappa shape index (κ2) is 6.69. The fraction of sp³-hybridized carbons (Fsp3) is 0.571. The van der Waals surface area contributed by atoms with E-state index in [-0.39, 0.29) is 17.8 Å². The van der Waals surface area contributed by atoms with Gasteiger partial charge in [-0.05, 0) is 25.7 Å². The Hall–Kier alpha value is -2.22. The zero-order valence-corrected chi connectivity index (χ0v) is 12.5.